The summed E-state index contributed by atoms with van der Waals surface area (Å²) in [6.07, 6.45) is 2.97. The van der Waals surface area contributed by atoms with Gasteiger partial charge >= 0.3 is 0 Å². The van der Waals surface area contributed by atoms with Crippen LogP contribution in [-0.4, -0.2) is 61.0 Å². The molecule has 2 aromatic carbocycles. The van der Waals surface area contributed by atoms with Crippen molar-refractivity contribution < 1.29 is 4.79 Å². The average Bonchev–Trinajstić information content (AvgIpc) is 2.83. The molecule has 1 atom stereocenters. The Balaban J connectivity index is 1.48. The summed E-state index contributed by atoms with van der Waals surface area (Å²) in [4.78, 5) is 18.2. The molecule has 4 rings (SSSR count). The molecule has 1 unspecified atom stereocenters. The molecular formula is C29H41N3O. The predicted molar refractivity (Wildman–Crippen MR) is 136 cm³/mol. The second-order valence-corrected chi connectivity index (χ2v) is 11.0. The van der Waals surface area contributed by atoms with Crippen LogP contribution in [0.4, 0.5) is 0 Å². The molecule has 4 heteroatoms. The number of amides is 1. The highest BCUT2D eigenvalue weighted by atomic mass is 16.2. The van der Waals surface area contributed by atoms with Gasteiger partial charge in [0.25, 0.3) is 0 Å². The van der Waals surface area contributed by atoms with Crippen molar-refractivity contribution >= 4 is 5.91 Å². The van der Waals surface area contributed by atoms with E-state index < -0.39 is 0 Å². The van der Waals surface area contributed by atoms with Crippen LogP contribution in [0.15, 0.2) is 60.7 Å². The first-order chi connectivity index (χ1) is 15.9. The number of carbonyl (C=O) groups excluding carboxylic acids is 1. The minimum Gasteiger partial charge on any atom is -0.337 e. The van der Waals surface area contributed by atoms with Gasteiger partial charge in [0, 0.05) is 44.6 Å². The molecule has 0 aromatic heterocycles. The zero-order valence-electron chi connectivity index (χ0n) is 20.7. The fraction of sp³-hybridized carbons (Fsp3) is 0.552. The van der Waals surface area contributed by atoms with E-state index in [9.17, 15) is 4.79 Å². The molecule has 2 fully saturated rings. The topological polar surface area (TPSA) is 35.6 Å². The molecule has 0 aliphatic carbocycles. The van der Waals surface area contributed by atoms with Gasteiger partial charge in [0.2, 0.25) is 5.91 Å². The number of carbonyl (C=O) groups is 1. The first-order valence-corrected chi connectivity index (χ1v) is 12.7. The minimum absolute atomic E-state index is 0.0530. The van der Waals surface area contributed by atoms with Gasteiger partial charge in [0.1, 0.15) is 0 Å². The molecule has 2 aliphatic rings. The maximum atomic E-state index is 13.4. The predicted octanol–water partition coefficient (Wildman–Crippen LogP) is 4.77. The molecule has 0 saturated carbocycles. The van der Waals surface area contributed by atoms with Gasteiger partial charge < -0.3 is 10.2 Å². The number of hydrogen-bond acceptors (Lipinski definition) is 3. The summed E-state index contributed by atoms with van der Waals surface area (Å²) in [5.41, 5.74) is 2.78. The van der Waals surface area contributed by atoms with E-state index in [0.717, 1.165) is 52.1 Å². The van der Waals surface area contributed by atoms with Gasteiger partial charge in [-0.2, -0.15) is 0 Å². The summed E-state index contributed by atoms with van der Waals surface area (Å²) < 4.78 is 0. The molecule has 2 heterocycles. The molecule has 0 spiro atoms. The average molecular weight is 448 g/mol. The number of piperidine rings is 1. The van der Waals surface area contributed by atoms with E-state index in [1.54, 1.807) is 0 Å². The van der Waals surface area contributed by atoms with Crippen molar-refractivity contribution in [1.29, 1.82) is 0 Å². The Morgan fingerprint density at radius 2 is 1.52 bits per heavy atom. The monoisotopic (exact) mass is 447 g/mol. The molecule has 2 aliphatic heterocycles. The molecule has 2 saturated heterocycles. The molecule has 0 bridgehead atoms. The third-order valence-corrected chi connectivity index (χ3v) is 7.55. The Labute approximate surface area is 200 Å². The van der Waals surface area contributed by atoms with Crippen LogP contribution in [0.1, 0.15) is 57.1 Å². The van der Waals surface area contributed by atoms with Crippen LogP contribution in [0.2, 0.25) is 0 Å². The smallest absolute Gasteiger partial charge is 0.223 e. The van der Waals surface area contributed by atoms with E-state index in [1.165, 1.54) is 11.1 Å². The molecular weight excluding hydrogens is 406 g/mol. The lowest BCUT2D eigenvalue weighted by Crippen LogP contribution is -2.60. The van der Waals surface area contributed by atoms with E-state index in [2.05, 4.69) is 96.6 Å². The van der Waals surface area contributed by atoms with Crippen LogP contribution in [0.5, 0.6) is 0 Å². The van der Waals surface area contributed by atoms with Crippen LogP contribution >= 0.6 is 0 Å². The van der Waals surface area contributed by atoms with Gasteiger partial charge in [-0.1, -0.05) is 81.4 Å². The van der Waals surface area contributed by atoms with Gasteiger partial charge in [0.05, 0.1) is 0 Å². The number of benzene rings is 2. The fourth-order valence-corrected chi connectivity index (χ4v) is 5.53. The highest BCUT2D eigenvalue weighted by Crippen LogP contribution is 2.32. The second kappa shape index (κ2) is 10.8. The first kappa shape index (κ1) is 24.0. The summed E-state index contributed by atoms with van der Waals surface area (Å²) in [5.74, 6) is 1.24. The Morgan fingerprint density at radius 3 is 2.06 bits per heavy atom. The molecule has 4 nitrogen and oxygen atoms in total. The largest absolute Gasteiger partial charge is 0.337 e. The minimum atomic E-state index is 0.0530. The molecule has 1 N–H and O–H groups in total. The lowest BCUT2D eigenvalue weighted by Gasteiger charge is -2.48. The lowest BCUT2D eigenvalue weighted by molar-refractivity contribution is -0.140. The third kappa shape index (κ3) is 6.24. The summed E-state index contributed by atoms with van der Waals surface area (Å²) >= 11 is 0. The Hall–Kier alpha value is -2.17. The maximum absolute atomic E-state index is 13.4. The van der Waals surface area contributed by atoms with Gasteiger partial charge in [-0.3, -0.25) is 9.69 Å². The standard InChI is InChI=1S/C29H41N3O/c1-29(2,3)27-22-31(18-19-32(27)28(33)20-23-14-16-30-17-15-23)21-26(24-10-6-4-7-11-24)25-12-8-5-9-13-25/h4-13,23,26-27,30H,14-22H2,1-3H3. The first-order valence-electron chi connectivity index (χ1n) is 12.7. The van der Waals surface area contributed by atoms with Crippen molar-refractivity contribution in [1.82, 2.24) is 15.1 Å². The van der Waals surface area contributed by atoms with Crippen molar-refractivity contribution in [3.05, 3.63) is 71.8 Å². The van der Waals surface area contributed by atoms with E-state index in [1.807, 2.05) is 0 Å². The van der Waals surface area contributed by atoms with Crippen molar-refractivity contribution in [2.45, 2.75) is 52.0 Å². The zero-order chi connectivity index (χ0) is 23.3. The highest BCUT2D eigenvalue weighted by molar-refractivity contribution is 5.77. The zero-order valence-corrected chi connectivity index (χ0v) is 20.7. The molecule has 178 valence electrons. The Bertz CT molecular complexity index is 831. The van der Waals surface area contributed by atoms with Gasteiger partial charge in [-0.05, 0) is 48.4 Å². The Morgan fingerprint density at radius 1 is 0.939 bits per heavy atom. The number of rotatable bonds is 6. The number of hydrogen-bond donors (Lipinski definition) is 1. The third-order valence-electron chi connectivity index (χ3n) is 7.55. The van der Waals surface area contributed by atoms with E-state index in [4.69, 9.17) is 0 Å². The van der Waals surface area contributed by atoms with Crippen LogP contribution in [0, 0.1) is 11.3 Å². The van der Waals surface area contributed by atoms with Gasteiger partial charge in [-0.15, -0.1) is 0 Å². The molecule has 1 amide bonds. The van der Waals surface area contributed by atoms with Crippen molar-refractivity contribution in [3.63, 3.8) is 0 Å². The van der Waals surface area contributed by atoms with Crippen molar-refractivity contribution in [2.24, 2.45) is 11.3 Å². The van der Waals surface area contributed by atoms with Crippen molar-refractivity contribution in [3.8, 4) is 0 Å². The summed E-state index contributed by atoms with van der Waals surface area (Å²) in [6.45, 7) is 12.7. The molecule has 0 radical (unpaired) electrons. The van der Waals surface area contributed by atoms with Crippen LogP contribution in [0.3, 0.4) is 0 Å². The molecule has 33 heavy (non-hydrogen) atoms. The quantitative estimate of drug-likeness (QED) is 0.693. The van der Waals surface area contributed by atoms with Crippen molar-refractivity contribution in [2.75, 3.05) is 39.3 Å². The number of nitrogens with zero attached hydrogens (tertiary/aromatic N) is 2. The second-order valence-electron chi connectivity index (χ2n) is 11.0. The van der Waals surface area contributed by atoms with E-state index in [0.29, 0.717) is 24.2 Å². The maximum Gasteiger partial charge on any atom is 0.223 e. The lowest BCUT2D eigenvalue weighted by atomic mass is 9.82. The van der Waals surface area contributed by atoms with E-state index in [-0.39, 0.29) is 11.5 Å². The SMILES string of the molecule is CC(C)(C)C1CN(CC(c2ccccc2)c2ccccc2)CCN1C(=O)CC1CCNCC1. The number of piperazine rings is 1. The van der Waals surface area contributed by atoms with Gasteiger partial charge in [0.15, 0.2) is 0 Å². The normalized spacial score (nSPS) is 20.8. The summed E-state index contributed by atoms with van der Waals surface area (Å²) in [7, 11) is 0. The van der Waals surface area contributed by atoms with E-state index >= 15 is 0 Å². The van der Waals surface area contributed by atoms with Crippen LogP contribution in [-0.2, 0) is 4.79 Å². The van der Waals surface area contributed by atoms with Crippen LogP contribution < -0.4 is 5.32 Å². The fourth-order valence-electron chi connectivity index (χ4n) is 5.53. The summed E-state index contributed by atoms with van der Waals surface area (Å²) in [5, 5.41) is 3.42. The molecule has 2 aromatic rings. The van der Waals surface area contributed by atoms with Gasteiger partial charge in [-0.25, -0.2) is 0 Å². The number of nitrogens with one attached hydrogen (secondary N) is 1. The summed E-state index contributed by atoms with van der Waals surface area (Å²) in [6, 6.07) is 22.0. The highest BCUT2D eigenvalue weighted by Gasteiger charge is 2.38. The van der Waals surface area contributed by atoms with Crippen LogP contribution in [0.25, 0.3) is 0 Å². The Kier molecular flexibility index (Phi) is 7.87.